The molecule has 4 heteroatoms. The number of para-hydroxylation sites is 2. The molecule has 1 saturated heterocycles. The Bertz CT molecular complexity index is 1140. The van der Waals surface area contributed by atoms with E-state index in [9.17, 15) is 0 Å². The second-order valence-electron chi connectivity index (χ2n) is 7.16. The van der Waals surface area contributed by atoms with Crippen molar-refractivity contribution in [1.82, 2.24) is 4.57 Å². The Morgan fingerprint density at radius 3 is 2.54 bits per heavy atom. The van der Waals surface area contributed by atoms with Crippen LogP contribution in [0.2, 0.25) is 0 Å². The standard InChI is InChI=1S/C24H23N3S/c1-2-26-23-11-7-6-10-21(23)22-14-18(12-13-24(22)26)15-25-27(16-20-17-28-20)19-8-4-3-5-9-19/h3-15,20H,2,16-17H2,1H3/b25-15+. The normalized spacial score (nSPS) is 16.2. The average molecular weight is 386 g/mol. The molecule has 0 N–H and O–H groups in total. The van der Waals surface area contributed by atoms with Gasteiger partial charge >= 0.3 is 0 Å². The number of aromatic nitrogens is 1. The van der Waals surface area contributed by atoms with Crippen LogP contribution >= 0.6 is 11.8 Å². The molecule has 5 rings (SSSR count). The fourth-order valence-corrected chi connectivity index (χ4v) is 4.30. The molecule has 1 aliphatic rings. The lowest BCUT2D eigenvalue weighted by Gasteiger charge is -2.18. The Balaban J connectivity index is 1.52. The highest BCUT2D eigenvalue weighted by molar-refractivity contribution is 8.06. The molecule has 1 atom stereocenters. The highest BCUT2D eigenvalue weighted by Gasteiger charge is 2.25. The number of hydrazone groups is 1. The molecule has 28 heavy (non-hydrogen) atoms. The van der Waals surface area contributed by atoms with Gasteiger partial charge in [0.05, 0.1) is 18.4 Å². The van der Waals surface area contributed by atoms with Crippen LogP contribution in [0.3, 0.4) is 0 Å². The topological polar surface area (TPSA) is 20.5 Å². The number of hydrogen-bond acceptors (Lipinski definition) is 3. The summed E-state index contributed by atoms with van der Waals surface area (Å²) in [5, 5.41) is 10.3. The predicted molar refractivity (Wildman–Crippen MR) is 123 cm³/mol. The molecule has 3 aromatic carbocycles. The monoisotopic (exact) mass is 385 g/mol. The molecule has 1 aliphatic heterocycles. The van der Waals surface area contributed by atoms with E-state index in [0.29, 0.717) is 5.25 Å². The van der Waals surface area contributed by atoms with Gasteiger partial charge in [0, 0.05) is 39.4 Å². The number of benzene rings is 3. The molecule has 1 unspecified atom stereocenters. The Kier molecular flexibility index (Phi) is 4.57. The lowest BCUT2D eigenvalue weighted by Crippen LogP contribution is -2.21. The third kappa shape index (κ3) is 3.29. The van der Waals surface area contributed by atoms with Gasteiger partial charge in [-0.2, -0.15) is 16.9 Å². The zero-order valence-electron chi connectivity index (χ0n) is 16.0. The van der Waals surface area contributed by atoms with E-state index in [1.54, 1.807) is 0 Å². The first kappa shape index (κ1) is 17.4. The van der Waals surface area contributed by atoms with Gasteiger partial charge in [-0.05, 0) is 42.8 Å². The first-order chi connectivity index (χ1) is 13.8. The molecule has 140 valence electrons. The molecular formula is C24H23N3S. The molecule has 1 aromatic heterocycles. The Morgan fingerprint density at radius 2 is 1.75 bits per heavy atom. The lowest BCUT2D eigenvalue weighted by molar-refractivity contribution is 0.827. The zero-order chi connectivity index (χ0) is 18.9. The summed E-state index contributed by atoms with van der Waals surface area (Å²) in [4.78, 5) is 0. The van der Waals surface area contributed by atoms with Crippen LogP contribution in [0.1, 0.15) is 12.5 Å². The van der Waals surface area contributed by atoms with Crippen molar-refractivity contribution in [1.29, 1.82) is 0 Å². The maximum atomic E-state index is 4.85. The van der Waals surface area contributed by atoms with Gasteiger partial charge < -0.3 is 4.57 Å². The van der Waals surface area contributed by atoms with Gasteiger partial charge in [-0.1, -0.05) is 42.5 Å². The number of fused-ring (bicyclic) bond motifs is 3. The molecule has 0 saturated carbocycles. The fourth-order valence-electron chi connectivity index (χ4n) is 3.81. The first-order valence-corrected chi connectivity index (χ1v) is 10.9. The molecule has 0 radical (unpaired) electrons. The summed E-state index contributed by atoms with van der Waals surface area (Å²) in [5.41, 5.74) is 4.87. The van der Waals surface area contributed by atoms with Crippen molar-refractivity contribution in [3.05, 3.63) is 78.4 Å². The molecule has 1 fully saturated rings. The Morgan fingerprint density at radius 1 is 1.00 bits per heavy atom. The van der Waals surface area contributed by atoms with E-state index in [0.717, 1.165) is 24.3 Å². The van der Waals surface area contributed by atoms with E-state index >= 15 is 0 Å². The van der Waals surface area contributed by atoms with Crippen LogP contribution in [0, 0.1) is 0 Å². The maximum Gasteiger partial charge on any atom is 0.0594 e. The number of thioether (sulfide) groups is 1. The van der Waals surface area contributed by atoms with E-state index in [1.807, 2.05) is 18.0 Å². The second kappa shape index (κ2) is 7.36. The van der Waals surface area contributed by atoms with Gasteiger partial charge in [0.15, 0.2) is 0 Å². The minimum Gasteiger partial charge on any atom is -0.341 e. The Labute approximate surface area is 169 Å². The van der Waals surface area contributed by atoms with E-state index in [2.05, 4.69) is 89.3 Å². The number of hydrogen-bond donors (Lipinski definition) is 0. The lowest BCUT2D eigenvalue weighted by atomic mass is 10.1. The summed E-state index contributed by atoms with van der Waals surface area (Å²) in [5.74, 6) is 1.24. The summed E-state index contributed by atoms with van der Waals surface area (Å²) in [6, 6.07) is 25.8. The van der Waals surface area contributed by atoms with Crippen LogP contribution in [0.15, 0.2) is 77.9 Å². The van der Waals surface area contributed by atoms with Crippen molar-refractivity contribution in [2.45, 2.75) is 18.7 Å². The minimum absolute atomic E-state index is 0.697. The van der Waals surface area contributed by atoms with Crippen LogP contribution < -0.4 is 5.01 Å². The zero-order valence-corrected chi connectivity index (χ0v) is 16.8. The van der Waals surface area contributed by atoms with Crippen molar-refractivity contribution in [3.63, 3.8) is 0 Å². The highest BCUT2D eigenvalue weighted by atomic mass is 32.2. The van der Waals surface area contributed by atoms with E-state index in [4.69, 9.17) is 5.10 Å². The molecular weight excluding hydrogens is 362 g/mol. The van der Waals surface area contributed by atoms with Gasteiger partial charge in [-0.3, -0.25) is 5.01 Å². The fraction of sp³-hybridized carbons (Fsp3) is 0.208. The molecule has 0 bridgehead atoms. The van der Waals surface area contributed by atoms with Gasteiger partial charge in [-0.25, -0.2) is 0 Å². The molecule has 3 nitrogen and oxygen atoms in total. The minimum atomic E-state index is 0.697. The van der Waals surface area contributed by atoms with Crippen LogP contribution in [0.25, 0.3) is 21.8 Å². The summed E-state index contributed by atoms with van der Waals surface area (Å²) in [6.45, 7) is 4.13. The summed E-state index contributed by atoms with van der Waals surface area (Å²) in [6.07, 6.45) is 2.00. The number of anilines is 1. The molecule has 4 aromatic rings. The van der Waals surface area contributed by atoms with Crippen LogP contribution in [-0.2, 0) is 6.54 Å². The molecule has 0 aliphatic carbocycles. The number of aryl methyl sites for hydroxylation is 1. The van der Waals surface area contributed by atoms with Gasteiger partial charge in [0.1, 0.15) is 0 Å². The summed E-state index contributed by atoms with van der Waals surface area (Å²) in [7, 11) is 0. The van der Waals surface area contributed by atoms with E-state index in [1.165, 1.54) is 27.6 Å². The van der Waals surface area contributed by atoms with Crippen molar-refractivity contribution in [2.75, 3.05) is 17.3 Å². The summed E-state index contributed by atoms with van der Waals surface area (Å²) >= 11 is 2.00. The van der Waals surface area contributed by atoms with Crippen LogP contribution in [0.5, 0.6) is 0 Å². The van der Waals surface area contributed by atoms with Crippen molar-refractivity contribution >= 4 is 45.5 Å². The molecule has 0 amide bonds. The van der Waals surface area contributed by atoms with Crippen LogP contribution in [0.4, 0.5) is 5.69 Å². The van der Waals surface area contributed by atoms with Crippen molar-refractivity contribution in [2.24, 2.45) is 5.10 Å². The SMILES string of the molecule is CCn1c2ccccc2c2cc(/C=N/N(CC3CS3)c3ccccc3)ccc21. The largest absolute Gasteiger partial charge is 0.341 e. The third-order valence-electron chi connectivity index (χ3n) is 5.29. The van der Waals surface area contributed by atoms with Crippen molar-refractivity contribution < 1.29 is 0 Å². The van der Waals surface area contributed by atoms with Gasteiger partial charge in [-0.15, -0.1) is 0 Å². The van der Waals surface area contributed by atoms with Gasteiger partial charge in [0.2, 0.25) is 0 Å². The van der Waals surface area contributed by atoms with E-state index < -0.39 is 0 Å². The first-order valence-electron chi connectivity index (χ1n) is 9.82. The predicted octanol–water partition coefficient (Wildman–Crippen LogP) is 5.77. The highest BCUT2D eigenvalue weighted by Crippen LogP contribution is 2.32. The average Bonchev–Trinajstić information content (AvgIpc) is 3.52. The molecule has 2 heterocycles. The second-order valence-corrected chi connectivity index (χ2v) is 8.49. The summed E-state index contributed by atoms with van der Waals surface area (Å²) < 4.78 is 2.38. The maximum absolute atomic E-state index is 4.85. The number of rotatable bonds is 6. The van der Waals surface area contributed by atoms with Crippen molar-refractivity contribution in [3.8, 4) is 0 Å². The Hall–Kier alpha value is -2.72. The third-order valence-corrected chi connectivity index (χ3v) is 6.25. The smallest absolute Gasteiger partial charge is 0.0594 e. The van der Waals surface area contributed by atoms with E-state index in [-0.39, 0.29) is 0 Å². The molecule has 0 spiro atoms. The number of nitrogens with zero attached hydrogens (tertiary/aromatic N) is 3. The van der Waals surface area contributed by atoms with Gasteiger partial charge in [0.25, 0.3) is 0 Å². The van der Waals surface area contributed by atoms with Crippen LogP contribution in [-0.4, -0.2) is 28.3 Å². The quantitative estimate of drug-likeness (QED) is 0.239.